The molecule has 0 saturated carbocycles. The van der Waals surface area contributed by atoms with E-state index in [1.54, 1.807) is 12.3 Å². The SMILES string of the molecule is C[C@]1(O)[C@@H](CO)O[C@H](n2cnc3c(NCc4ccco4)ncnc32)[C@]1(C)F. The van der Waals surface area contributed by atoms with E-state index in [1.165, 1.54) is 31.1 Å². The molecule has 10 heteroatoms. The summed E-state index contributed by atoms with van der Waals surface area (Å²) in [7, 11) is 0. The average Bonchev–Trinajstić information content (AvgIpc) is 3.33. The van der Waals surface area contributed by atoms with Gasteiger partial charge in [0.1, 0.15) is 23.8 Å². The number of nitrogens with one attached hydrogen (secondary N) is 1. The third-order valence-electron chi connectivity index (χ3n) is 5.16. The van der Waals surface area contributed by atoms with Gasteiger partial charge in [-0.3, -0.25) is 4.57 Å². The van der Waals surface area contributed by atoms with Gasteiger partial charge < -0.3 is 24.7 Å². The Hall–Kier alpha value is -2.56. The minimum Gasteiger partial charge on any atom is -0.467 e. The van der Waals surface area contributed by atoms with Gasteiger partial charge in [0.2, 0.25) is 0 Å². The molecule has 1 fully saturated rings. The molecule has 4 rings (SSSR count). The first kappa shape index (κ1) is 17.8. The van der Waals surface area contributed by atoms with Crippen LogP contribution < -0.4 is 5.32 Å². The van der Waals surface area contributed by atoms with Crippen molar-refractivity contribution >= 4 is 17.0 Å². The fourth-order valence-electron chi connectivity index (χ4n) is 3.27. The van der Waals surface area contributed by atoms with E-state index in [4.69, 9.17) is 9.15 Å². The zero-order valence-electron chi connectivity index (χ0n) is 14.8. The highest BCUT2D eigenvalue weighted by Gasteiger charge is 2.63. The van der Waals surface area contributed by atoms with Crippen LogP contribution in [0.25, 0.3) is 11.2 Å². The second-order valence-corrected chi connectivity index (χ2v) is 6.86. The number of alkyl halides is 1. The van der Waals surface area contributed by atoms with Crippen molar-refractivity contribution in [1.29, 1.82) is 0 Å². The van der Waals surface area contributed by atoms with Gasteiger partial charge in [-0.05, 0) is 26.0 Å². The van der Waals surface area contributed by atoms with Crippen LogP contribution in [0, 0.1) is 0 Å². The largest absolute Gasteiger partial charge is 0.467 e. The first-order chi connectivity index (χ1) is 12.9. The molecule has 27 heavy (non-hydrogen) atoms. The van der Waals surface area contributed by atoms with Crippen molar-refractivity contribution < 1.29 is 23.8 Å². The molecular formula is C17H20FN5O4. The molecule has 0 spiro atoms. The Bertz CT molecular complexity index is 940. The number of nitrogens with zero attached hydrogens (tertiary/aromatic N) is 4. The Morgan fingerprint density at radius 3 is 2.81 bits per heavy atom. The Morgan fingerprint density at radius 2 is 2.15 bits per heavy atom. The summed E-state index contributed by atoms with van der Waals surface area (Å²) < 4.78 is 27.7. The molecule has 4 heterocycles. The smallest absolute Gasteiger partial charge is 0.183 e. The van der Waals surface area contributed by atoms with Crippen LogP contribution in [0.3, 0.4) is 0 Å². The van der Waals surface area contributed by atoms with E-state index in [0.717, 1.165) is 5.76 Å². The molecule has 4 atom stereocenters. The Morgan fingerprint density at radius 1 is 1.33 bits per heavy atom. The number of imidazole rings is 1. The lowest BCUT2D eigenvalue weighted by Crippen LogP contribution is -2.51. The van der Waals surface area contributed by atoms with E-state index in [9.17, 15) is 10.2 Å². The van der Waals surface area contributed by atoms with Crippen LogP contribution >= 0.6 is 0 Å². The van der Waals surface area contributed by atoms with Crippen LogP contribution in [0.15, 0.2) is 35.5 Å². The number of ether oxygens (including phenoxy) is 1. The minimum absolute atomic E-state index is 0.343. The van der Waals surface area contributed by atoms with Crippen molar-refractivity contribution in [1.82, 2.24) is 19.5 Å². The molecule has 0 unspecified atom stereocenters. The molecule has 0 aromatic carbocycles. The van der Waals surface area contributed by atoms with Gasteiger partial charge in [-0.1, -0.05) is 0 Å². The molecule has 3 aromatic heterocycles. The van der Waals surface area contributed by atoms with Gasteiger partial charge in [0, 0.05) is 0 Å². The lowest BCUT2D eigenvalue weighted by atomic mass is 9.85. The zero-order chi connectivity index (χ0) is 19.2. The Labute approximate surface area is 153 Å². The highest BCUT2D eigenvalue weighted by atomic mass is 19.1. The number of hydrogen-bond donors (Lipinski definition) is 3. The van der Waals surface area contributed by atoms with Crippen molar-refractivity contribution in [3.8, 4) is 0 Å². The molecule has 0 aliphatic carbocycles. The molecule has 9 nitrogen and oxygen atoms in total. The molecule has 1 aliphatic rings. The van der Waals surface area contributed by atoms with Gasteiger partial charge >= 0.3 is 0 Å². The maximum absolute atomic E-state index is 15.4. The summed E-state index contributed by atoms with van der Waals surface area (Å²) in [5, 5.41) is 23.1. The normalized spacial score (nSPS) is 30.9. The predicted octanol–water partition coefficient (Wildman–Crippen LogP) is 1.40. The van der Waals surface area contributed by atoms with Crippen LogP contribution in [-0.2, 0) is 11.3 Å². The number of aromatic nitrogens is 4. The number of aliphatic hydroxyl groups excluding tert-OH is 1. The van der Waals surface area contributed by atoms with Crippen LogP contribution in [0.5, 0.6) is 0 Å². The second kappa shape index (κ2) is 6.25. The molecule has 144 valence electrons. The van der Waals surface area contributed by atoms with Crippen molar-refractivity contribution in [3.05, 3.63) is 36.8 Å². The fraction of sp³-hybridized carbons (Fsp3) is 0.471. The zero-order valence-corrected chi connectivity index (χ0v) is 14.8. The van der Waals surface area contributed by atoms with Gasteiger partial charge in [-0.25, -0.2) is 19.3 Å². The lowest BCUT2D eigenvalue weighted by Gasteiger charge is -2.32. The van der Waals surface area contributed by atoms with E-state index < -0.39 is 30.2 Å². The third kappa shape index (κ3) is 2.68. The predicted molar refractivity (Wildman–Crippen MR) is 92.5 cm³/mol. The number of aliphatic hydroxyl groups is 2. The summed E-state index contributed by atoms with van der Waals surface area (Å²) >= 11 is 0. The van der Waals surface area contributed by atoms with E-state index in [-0.39, 0.29) is 0 Å². The van der Waals surface area contributed by atoms with Gasteiger partial charge in [0.25, 0.3) is 0 Å². The van der Waals surface area contributed by atoms with Crippen LogP contribution in [0.4, 0.5) is 10.2 Å². The number of halogens is 1. The molecule has 1 saturated heterocycles. The maximum Gasteiger partial charge on any atom is 0.183 e. The van der Waals surface area contributed by atoms with E-state index in [1.807, 2.05) is 6.07 Å². The molecule has 0 amide bonds. The molecule has 1 aliphatic heterocycles. The number of fused-ring (bicyclic) bond motifs is 1. The van der Waals surface area contributed by atoms with E-state index in [0.29, 0.717) is 23.5 Å². The third-order valence-corrected chi connectivity index (χ3v) is 5.16. The molecule has 0 radical (unpaired) electrons. The summed E-state index contributed by atoms with van der Waals surface area (Å²) in [4.78, 5) is 12.7. The average molecular weight is 377 g/mol. The molecule has 0 bridgehead atoms. The standard InChI is InChI=1S/C17H20FN5O4/c1-16(18)15(27-11(7-24)17(16,2)25)23-9-22-12-13(20-8-21-14(12)23)19-6-10-4-3-5-26-10/h3-5,8-9,11,15,24-25H,6-7H2,1-2H3,(H,19,20,21)/t11-,15+,16+,17+/m1/s1. The molecule has 3 aromatic rings. The number of anilines is 1. The summed E-state index contributed by atoms with van der Waals surface area (Å²) in [5.74, 6) is 1.18. The van der Waals surface area contributed by atoms with E-state index >= 15 is 4.39 Å². The summed E-state index contributed by atoms with van der Waals surface area (Å²) in [5.41, 5.74) is -3.29. The van der Waals surface area contributed by atoms with Gasteiger partial charge in [0.05, 0.1) is 25.7 Å². The molecular weight excluding hydrogens is 357 g/mol. The Balaban J connectivity index is 1.69. The first-order valence-corrected chi connectivity index (χ1v) is 8.47. The van der Waals surface area contributed by atoms with Gasteiger partial charge in [-0.15, -0.1) is 0 Å². The maximum atomic E-state index is 15.4. The second-order valence-electron chi connectivity index (χ2n) is 6.86. The molecule has 3 N–H and O–H groups in total. The summed E-state index contributed by atoms with van der Waals surface area (Å²) in [6, 6.07) is 3.60. The highest BCUT2D eigenvalue weighted by molar-refractivity contribution is 5.82. The van der Waals surface area contributed by atoms with Crippen LogP contribution in [0.2, 0.25) is 0 Å². The minimum atomic E-state index is -2.18. The van der Waals surface area contributed by atoms with Crippen molar-refractivity contribution in [2.75, 3.05) is 11.9 Å². The topological polar surface area (TPSA) is 118 Å². The van der Waals surface area contributed by atoms with Crippen molar-refractivity contribution in [2.45, 2.75) is 44.0 Å². The van der Waals surface area contributed by atoms with Gasteiger partial charge in [-0.2, -0.15) is 0 Å². The first-order valence-electron chi connectivity index (χ1n) is 8.47. The quantitative estimate of drug-likeness (QED) is 0.611. The van der Waals surface area contributed by atoms with Crippen molar-refractivity contribution in [3.63, 3.8) is 0 Å². The van der Waals surface area contributed by atoms with Crippen LogP contribution in [0.1, 0.15) is 25.8 Å². The van der Waals surface area contributed by atoms with Gasteiger partial charge in [0.15, 0.2) is 28.9 Å². The summed E-state index contributed by atoms with van der Waals surface area (Å²) in [6.45, 7) is 2.42. The highest BCUT2D eigenvalue weighted by Crippen LogP contribution is 2.48. The number of hydrogen-bond acceptors (Lipinski definition) is 8. The Kier molecular flexibility index (Phi) is 4.13. The number of furan rings is 1. The van der Waals surface area contributed by atoms with Crippen LogP contribution in [-0.4, -0.2) is 53.7 Å². The summed E-state index contributed by atoms with van der Waals surface area (Å²) in [6.07, 6.45) is 2.01. The lowest BCUT2D eigenvalue weighted by molar-refractivity contribution is -0.0891. The van der Waals surface area contributed by atoms with E-state index in [2.05, 4.69) is 20.3 Å². The van der Waals surface area contributed by atoms with Crippen molar-refractivity contribution in [2.24, 2.45) is 0 Å². The number of rotatable bonds is 5. The fourth-order valence-corrected chi connectivity index (χ4v) is 3.27. The monoisotopic (exact) mass is 377 g/mol.